The number of hydrogen-bond acceptors (Lipinski definition) is 10. The summed E-state index contributed by atoms with van der Waals surface area (Å²) in [6.07, 6.45) is 2.18. The molecule has 164 valence electrons. The van der Waals surface area contributed by atoms with E-state index in [0.717, 1.165) is 11.4 Å². The topological polar surface area (TPSA) is 137 Å². The van der Waals surface area contributed by atoms with Crippen LogP contribution in [0.5, 0.6) is 5.88 Å². The van der Waals surface area contributed by atoms with E-state index < -0.39 is 12.2 Å². The zero-order valence-corrected chi connectivity index (χ0v) is 18.7. The number of halogens is 1. The molecule has 3 rings (SSSR count). The summed E-state index contributed by atoms with van der Waals surface area (Å²) < 4.78 is 6.27. The van der Waals surface area contributed by atoms with E-state index in [1.165, 1.54) is 0 Å². The number of aliphatic hydroxyl groups is 2. The van der Waals surface area contributed by atoms with E-state index in [-0.39, 0.29) is 6.61 Å². The number of anilines is 5. The van der Waals surface area contributed by atoms with E-state index in [4.69, 9.17) is 9.84 Å². The number of aromatic nitrogens is 4. The van der Waals surface area contributed by atoms with E-state index >= 15 is 0 Å². The molecule has 1 unspecified atom stereocenters. The molecule has 0 bridgehead atoms. The highest BCUT2D eigenvalue weighted by Crippen LogP contribution is 2.26. The van der Waals surface area contributed by atoms with Crippen LogP contribution in [0.1, 0.15) is 13.8 Å². The van der Waals surface area contributed by atoms with Crippen molar-refractivity contribution in [3.05, 3.63) is 47.2 Å². The molecule has 11 heteroatoms. The Morgan fingerprint density at radius 2 is 1.65 bits per heavy atom. The lowest BCUT2D eigenvalue weighted by Crippen LogP contribution is -2.26. The summed E-state index contributed by atoms with van der Waals surface area (Å²) >= 11 is 3.36. The minimum Gasteiger partial charge on any atom is -0.471 e. The molecule has 0 aliphatic heterocycles. The van der Waals surface area contributed by atoms with Crippen molar-refractivity contribution in [3.63, 3.8) is 0 Å². The number of rotatable bonds is 10. The van der Waals surface area contributed by atoms with Crippen molar-refractivity contribution in [1.82, 2.24) is 19.9 Å². The molecule has 2 aromatic heterocycles. The van der Waals surface area contributed by atoms with Crippen LogP contribution in [0.3, 0.4) is 0 Å². The Kier molecular flexibility index (Phi) is 7.93. The van der Waals surface area contributed by atoms with Crippen molar-refractivity contribution in [2.45, 2.75) is 26.1 Å². The molecule has 0 aliphatic carbocycles. The highest BCUT2D eigenvalue weighted by Gasteiger charge is 2.14. The van der Waals surface area contributed by atoms with Gasteiger partial charge >= 0.3 is 0 Å². The van der Waals surface area contributed by atoms with Gasteiger partial charge in [0, 0.05) is 24.1 Å². The largest absolute Gasteiger partial charge is 0.471 e. The van der Waals surface area contributed by atoms with Gasteiger partial charge in [-0.05, 0) is 60.1 Å². The van der Waals surface area contributed by atoms with Gasteiger partial charge in [-0.15, -0.1) is 0 Å². The van der Waals surface area contributed by atoms with Gasteiger partial charge in [0.05, 0.1) is 23.4 Å². The van der Waals surface area contributed by atoms with Crippen LogP contribution in [0.4, 0.5) is 29.1 Å². The van der Waals surface area contributed by atoms with E-state index in [0.29, 0.717) is 34.6 Å². The monoisotopic (exact) mass is 489 g/mol. The lowest BCUT2D eigenvalue weighted by Gasteiger charge is -2.17. The van der Waals surface area contributed by atoms with E-state index in [1.807, 2.05) is 24.3 Å². The van der Waals surface area contributed by atoms with Crippen molar-refractivity contribution in [1.29, 1.82) is 0 Å². The van der Waals surface area contributed by atoms with Crippen LogP contribution < -0.4 is 20.7 Å². The summed E-state index contributed by atoms with van der Waals surface area (Å²) in [5.74, 6) is 1.77. The van der Waals surface area contributed by atoms with Crippen LogP contribution in [0, 0.1) is 0 Å². The molecule has 1 aromatic carbocycles. The molecule has 0 saturated heterocycles. The molecule has 0 saturated carbocycles. The fraction of sp³-hybridized carbons (Fsp3) is 0.300. The maximum absolute atomic E-state index is 9.63. The maximum Gasteiger partial charge on any atom is 0.233 e. The minimum atomic E-state index is -0.631. The van der Waals surface area contributed by atoms with Crippen molar-refractivity contribution in [2.75, 3.05) is 29.1 Å². The lowest BCUT2D eigenvalue weighted by molar-refractivity contribution is 0.0569. The minimum absolute atomic E-state index is 0.0243. The second-order valence-corrected chi connectivity index (χ2v) is 7.51. The fourth-order valence-corrected chi connectivity index (χ4v) is 2.65. The van der Waals surface area contributed by atoms with Gasteiger partial charge in [-0.25, -0.2) is 9.97 Å². The lowest BCUT2D eigenvalue weighted by atomic mass is 10.3. The second-order valence-electron chi connectivity index (χ2n) is 6.65. The first-order chi connectivity index (χ1) is 14.9. The normalized spacial score (nSPS) is 12.7. The molecule has 0 spiro atoms. The standard InChI is InChI=1S/C20H24BrN7O3/c1-12(30)13(2)31-18-16(21)11-24-20(28-18)26-15-5-3-14(4-6-15)25-19-23-8-7-17(27-19)22-9-10-29/h3-8,11-13,29-30H,9-10H2,1-2H3,(H,24,26,28)(H2,22,23,25,27)/t12-,13?/m1/s1. The predicted octanol–water partition coefficient (Wildman–Crippen LogP) is 3.07. The van der Waals surface area contributed by atoms with Crippen molar-refractivity contribution in [3.8, 4) is 5.88 Å². The van der Waals surface area contributed by atoms with Gasteiger partial charge in [-0.1, -0.05) is 0 Å². The number of benzene rings is 1. The molecule has 2 heterocycles. The highest BCUT2D eigenvalue weighted by molar-refractivity contribution is 9.10. The van der Waals surface area contributed by atoms with Crippen molar-refractivity contribution in [2.24, 2.45) is 0 Å². The predicted molar refractivity (Wildman–Crippen MR) is 122 cm³/mol. The molecule has 0 amide bonds. The third-order valence-corrected chi connectivity index (χ3v) is 4.70. The summed E-state index contributed by atoms with van der Waals surface area (Å²) in [4.78, 5) is 17.1. The Balaban J connectivity index is 1.64. The Morgan fingerprint density at radius 3 is 2.26 bits per heavy atom. The van der Waals surface area contributed by atoms with Crippen molar-refractivity contribution >= 4 is 45.0 Å². The molecule has 3 aromatic rings. The Bertz CT molecular complexity index is 989. The van der Waals surface area contributed by atoms with Gasteiger partial charge in [-0.3, -0.25) is 0 Å². The maximum atomic E-state index is 9.63. The third-order valence-electron chi connectivity index (χ3n) is 4.16. The van der Waals surface area contributed by atoms with Gasteiger partial charge in [0.15, 0.2) is 0 Å². The van der Waals surface area contributed by atoms with Crippen LogP contribution in [0.25, 0.3) is 0 Å². The van der Waals surface area contributed by atoms with Gasteiger partial charge < -0.3 is 30.9 Å². The van der Waals surface area contributed by atoms with Crippen LogP contribution in [0.15, 0.2) is 47.2 Å². The van der Waals surface area contributed by atoms with Gasteiger partial charge in [-0.2, -0.15) is 9.97 Å². The van der Waals surface area contributed by atoms with Crippen molar-refractivity contribution < 1.29 is 14.9 Å². The molecule has 5 N–H and O–H groups in total. The number of ether oxygens (including phenoxy) is 1. The van der Waals surface area contributed by atoms with Crippen LogP contribution in [0.2, 0.25) is 0 Å². The number of nitrogens with zero attached hydrogens (tertiary/aromatic N) is 4. The van der Waals surface area contributed by atoms with E-state index in [9.17, 15) is 5.11 Å². The summed E-state index contributed by atoms with van der Waals surface area (Å²) in [5, 5.41) is 27.8. The fourth-order valence-electron chi connectivity index (χ4n) is 2.37. The van der Waals surface area contributed by atoms with Gasteiger partial charge in [0.1, 0.15) is 11.9 Å². The van der Waals surface area contributed by atoms with Gasteiger partial charge in [0.25, 0.3) is 0 Å². The molecule has 0 radical (unpaired) electrons. The Morgan fingerprint density at radius 1 is 1.00 bits per heavy atom. The van der Waals surface area contributed by atoms with Crippen LogP contribution >= 0.6 is 15.9 Å². The summed E-state index contributed by atoms with van der Waals surface area (Å²) in [7, 11) is 0. The molecule has 10 nitrogen and oxygen atoms in total. The Hall–Kier alpha value is -3.02. The highest BCUT2D eigenvalue weighted by atomic mass is 79.9. The summed E-state index contributed by atoms with van der Waals surface area (Å²) in [5.41, 5.74) is 1.58. The summed E-state index contributed by atoms with van der Waals surface area (Å²) in [6, 6.07) is 9.18. The number of nitrogens with one attached hydrogen (secondary N) is 3. The average Bonchev–Trinajstić information content (AvgIpc) is 2.76. The molecule has 31 heavy (non-hydrogen) atoms. The number of aliphatic hydroxyl groups excluding tert-OH is 2. The quantitative estimate of drug-likeness (QED) is 0.288. The smallest absolute Gasteiger partial charge is 0.233 e. The first kappa shape index (κ1) is 22.7. The molecule has 0 aliphatic rings. The first-order valence-corrected chi connectivity index (χ1v) is 10.4. The molecular weight excluding hydrogens is 466 g/mol. The molecule has 2 atom stereocenters. The number of hydrogen-bond donors (Lipinski definition) is 5. The van der Waals surface area contributed by atoms with E-state index in [1.54, 1.807) is 32.3 Å². The second kappa shape index (κ2) is 10.8. The Labute approximate surface area is 188 Å². The van der Waals surface area contributed by atoms with E-state index in [2.05, 4.69) is 51.8 Å². The van der Waals surface area contributed by atoms with Gasteiger partial charge in [0.2, 0.25) is 17.8 Å². The SMILES string of the molecule is CC(Oc1nc(Nc2ccc(Nc3nccc(NCCO)n3)cc2)ncc1Br)[C@@H](C)O. The average molecular weight is 490 g/mol. The molecule has 0 fully saturated rings. The molecular formula is C20H24BrN7O3. The zero-order chi connectivity index (χ0) is 22.2. The third kappa shape index (κ3) is 6.74. The first-order valence-electron chi connectivity index (χ1n) is 9.63. The zero-order valence-electron chi connectivity index (χ0n) is 17.1. The summed E-state index contributed by atoms with van der Waals surface area (Å²) in [6.45, 7) is 3.86. The van der Waals surface area contributed by atoms with Crippen LogP contribution in [-0.2, 0) is 0 Å². The van der Waals surface area contributed by atoms with Crippen LogP contribution in [-0.4, -0.2) is 55.5 Å².